The molecule has 1 atom stereocenters. The molecule has 0 spiro atoms. The summed E-state index contributed by atoms with van der Waals surface area (Å²) in [5.41, 5.74) is -0.708. The number of nitrogens with zero attached hydrogens (tertiary/aromatic N) is 3. The Morgan fingerprint density at radius 1 is 1.80 bits per heavy atom. The number of alkyl halides is 1. The fourth-order valence-corrected chi connectivity index (χ4v) is 0.675. The van der Waals surface area contributed by atoms with Gasteiger partial charge in [0.1, 0.15) is 6.34 Å². The maximum Gasteiger partial charge on any atom is 1.00 e. The van der Waals surface area contributed by atoms with Crippen LogP contribution in [-0.4, -0.2) is 27.5 Å². The van der Waals surface area contributed by atoms with Crippen LogP contribution in [0.3, 0.4) is 0 Å². The van der Waals surface area contributed by atoms with E-state index in [1.807, 2.05) is 0 Å². The van der Waals surface area contributed by atoms with Gasteiger partial charge < -0.3 is 1.43 Å². The van der Waals surface area contributed by atoms with Crippen LogP contribution >= 0.6 is 23.2 Å². The van der Waals surface area contributed by atoms with Crippen LogP contribution in [0.2, 0.25) is 0 Å². The molecule has 10 heavy (non-hydrogen) atoms. The normalized spacial score (nSPS) is 23.7. The van der Waals surface area contributed by atoms with E-state index in [9.17, 15) is 0 Å². The molecule has 0 aromatic carbocycles. The van der Waals surface area contributed by atoms with Crippen molar-refractivity contribution in [2.45, 2.75) is 5.62 Å². The zero-order valence-electron chi connectivity index (χ0n) is 6.20. The van der Waals surface area contributed by atoms with E-state index >= 15 is 0 Å². The molecule has 0 saturated heterocycles. The summed E-state index contributed by atoms with van der Waals surface area (Å²) < 4.78 is 0. The van der Waals surface area contributed by atoms with Crippen molar-refractivity contribution in [2.75, 3.05) is 0 Å². The Bertz CT molecular complexity index is 178. The number of rotatable bonds is 0. The van der Waals surface area contributed by atoms with Crippen molar-refractivity contribution >= 4 is 34.8 Å². The van der Waals surface area contributed by atoms with E-state index < -0.39 is 5.62 Å². The van der Waals surface area contributed by atoms with Gasteiger partial charge in [-0.15, -0.1) is 0 Å². The van der Waals surface area contributed by atoms with Crippen LogP contribution in [0.4, 0.5) is 0 Å². The van der Waals surface area contributed by atoms with Gasteiger partial charge in [-0.2, -0.15) is 5.06 Å². The van der Waals surface area contributed by atoms with Gasteiger partial charge in [0.2, 0.25) is 10.9 Å². The van der Waals surface area contributed by atoms with Crippen molar-refractivity contribution < 1.29 is 36.2 Å². The SMILES string of the molecule is ON1C=NC(Cl)N=C1Cl.[H-].[Na+]. The summed E-state index contributed by atoms with van der Waals surface area (Å²) in [7, 11) is 0. The first-order valence-corrected chi connectivity index (χ1v) is 2.90. The molecular weight excluding hydrogens is 188 g/mol. The Morgan fingerprint density at radius 3 is 2.80 bits per heavy atom. The van der Waals surface area contributed by atoms with Gasteiger partial charge in [-0.25, -0.2) is 9.98 Å². The van der Waals surface area contributed by atoms with Gasteiger partial charge in [0.25, 0.3) is 0 Å². The minimum Gasteiger partial charge on any atom is -1.00 e. The zero-order valence-corrected chi connectivity index (χ0v) is 8.71. The third kappa shape index (κ3) is 2.74. The Kier molecular flexibility index (Phi) is 4.84. The molecule has 0 aliphatic carbocycles. The summed E-state index contributed by atoms with van der Waals surface area (Å²) in [4.78, 5) is 6.99. The predicted molar refractivity (Wildman–Crippen MR) is 36.2 cm³/mol. The molecule has 0 amide bonds. The quantitative estimate of drug-likeness (QED) is 0.273. The van der Waals surface area contributed by atoms with Crippen LogP contribution in [0.1, 0.15) is 1.43 Å². The van der Waals surface area contributed by atoms with Crippen molar-refractivity contribution in [3.05, 3.63) is 0 Å². The summed E-state index contributed by atoms with van der Waals surface area (Å²) >= 11 is 10.7. The third-order valence-electron chi connectivity index (χ3n) is 0.701. The number of hydrogen-bond donors (Lipinski definition) is 1. The van der Waals surface area contributed by atoms with E-state index in [1.165, 1.54) is 0 Å². The molecule has 0 aromatic heterocycles. The van der Waals surface area contributed by atoms with Crippen molar-refractivity contribution in [1.29, 1.82) is 0 Å². The van der Waals surface area contributed by atoms with Crippen LogP contribution < -0.4 is 29.6 Å². The van der Waals surface area contributed by atoms with Crippen molar-refractivity contribution in [1.82, 2.24) is 5.06 Å². The zero-order chi connectivity index (χ0) is 6.85. The topological polar surface area (TPSA) is 48.2 Å². The molecule has 1 heterocycles. The molecule has 1 aliphatic rings. The number of amidine groups is 1. The Hall–Kier alpha value is 0.680. The Balaban J connectivity index is 0. The largest absolute Gasteiger partial charge is 1.00 e. The van der Waals surface area contributed by atoms with Crippen molar-refractivity contribution in [3.63, 3.8) is 0 Å². The van der Waals surface area contributed by atoms with Gasteiger partial charge in [-0.1, -0.05) is 11.6 Å². The molecule has 52 valence electrons. The van der Waals surface area contributed by atoms with Crippen LogP contribution in [0.25, 0.3) is 0 Å². The molecule has 1 N–H and O–H groups in total. The summed E-state index contributed by atoms with van der Waals surface area (Å²) in [5.74, 6) is 0. The average molecular weight is 192 g/mol. The van der Waals surface area contributed by atoms with E-state index in [0.717, 1.165) is 6.34 Å². The molecule has 0 saturated carbocycles. The Labute approximate surface area is 91.3 Å². The monoisotopic (exact) mass is 191 g/mol. The number of halogens is 2. The molecule has 1 aliphatic heterocycles. The van der Waals surface area contributed by atoms with E-state index in [-0.39, 0.29) is 36.3 Å². The van der Waals surface area contributed by atoms with Crippen LogP contribution in [0.15, 0.2) is 9.98 Å². The van der Waals surface area contributed by atoms with Gasteiger partial charge in [-0.3, -0.25) is 5.21 Å². The van der Waals surface area contributed by atoms with Crippen LogP contribution in [-0.2, 0) is 0 Å². The van der Waals surface area contributed by atoms with Crippen molar-refractivity contribution in [2.24, 2.45) is 9.98 Å². The van der Waals surface area contributed by atoms with E-state index in [2.05, 4.69) is 9.98 Å². The van der Waals surface area contributed by atoms with Gasteiger partial charge in [0, 0.05) is 0 Å². The van der Waals surface area contributed by atoms with Crippen LogP contribution in [0.5, 0.6) is 0 Å². The van der Waals surface area contributed by atoms with E-state index in [4.69, 9.17) is 28.4 Å². The van der Waals surface area contributed by atoms with Gasteiger partial charge in [0.05, 0.1) is 0 Å². The molecule has 0 aromatic rings. The molecule has 7 heteroatoms. The second-order valence-electron chi connectivity index (χ2n) is 1.32. The van der Waals surface area contributed by atoms with Gasteiger partial charge in [0.15, 0.2) is 0 Å². The van der Waals surface area contributed by atoms with Gasteiger partial charge in [-0.05, 0) is 11.6 Å². The third-order valence-corrected chi connectivity index (χ3v) is 1.18. The summed E-state index contributed by atoms with van der Waals surface area (Å²) in [6, 6.07) is 0. The predicted octanol–water partition coefficient (Wildman–Crippen LogP) is -2.05. The second-order valence-corrected chi connectivity index (χ2v) is 2.05. The number of aliphatic imine (C=N–C) groups is 2. The molecule has 1 unspecified atom stereocenters. The first-order valence-electron chi connectivity index (χ1n) is 2.09. The summed E-state index contributed by atoms with van der Waals surface area (Å²) in [6.07, 6.45) is 1.09. The smallest absolute Gasteiger partial charge is 1.00 e. The molecule has 0 bridgehead atoms. The maximum atomic E-state index is 8.66. The van der Waals surface area contributed by atoms with Crippen molar-refractivity contribution in [3.8, 4) is 0 Å². The fourth-order valence-electron chi connectivity index (χ4n) is 0.346. The summed E-state index contributed by atoms with van der Waals surface area (Å²) in [5, 5.41) is 9.16. The molecular formula is C3H4Cl2N3NaO. The minimum absolute atomic E-state index is 0. The van der Waals surface area contributed by atoms with Crippen LogP contribution in [0, 0.1) is 0 Å². The van der Waals surface area contributed by atoms with E-state index in [0.29, 0.717) is 5.06 Å². The molecule has 0 fully saturated rings. The first kappa shape index (κ1) is 10.7. The number of hydroxylamine groups is 2. The molecule has 1 rings (SSSR count). The average Bonchev–Trinajstić information content (AvgIpc) is 1.80. The number of hydrogen-bond acceptors (Lipinski definition) is 4. The van der Waals surface area contributed by atoms with E-state index in [1.54, 1.807) is 0 Å². The standard InChI is InChI=1S/C3H3Cl2N3O.Na.H/c4-2-6-1-8(9)3(5)7-2;;/h1-2,9H;;/q;+1;-1. The molecule has 4 nitrogen and oxygen atoms in total. The fraction of sp³-hybridized carbons (Fsp3) is 0.333. The maximum absolute atomic E-state index is 8.66. The summed E-state index contributed by atoms with van der Waals surface area (Å²) in [6.45, 7) is 0. The minimum atomic E-state index is -0.708. The molecule has 0 radical (unpaired) electrons. The van der Waals surface area contributed by atoms with Gasteiger partial charge >= 0.3 is 29.6 Å². The second kappa shape index (κ2) is 4.54. The first-order chi connectivity index (χ1) is 4.20. The Morgan fingerprint density at radius 2 is 2.40 bits per heavy atom.